The number of ether oxygens (including phenoxy) is 4. The quantitative estimate of drug-likeness (QED) is 0.218. The van der Waals surface area contributed by atoms with Crippen LogP contribution in [0.2, 0.25) is 0 Å². The van der Waals surface area contributed by atoms with Crippen molar-refractivity contribution in [3.05, 3.63) is 25.7 Å². The molecule has 0 aromatic rings. The lowest BCUT2D eigenvalue weighted by atomic mass is 9.85. The van der Waals surface area contributed by atoms with Gasteiger partial charge in [0.1, 0.15) is 0 Å². The molecular weight excluding hydrogens is 400 g/mol. The molecule has 8 nitrogen and oxygen atoms in total. The van der Waals surface area contributed by atoms with Gasteiger partial charge in [-0.15, -0.1) is 0 Å². The third kappa shape index (κ3) is 17.0. The second-order valence-corrected chi connectivity index (χ2v) is 7.93. The summed E-state index contributed by atoms with van der Waals surface area (Å²) in [6.45, 7) is 15.5. The van der Waals surface area contributed by atoms with Crippen molar-refractivity contribution in [2.75, 3.05) is 33.0 Å². The summed E-state index contributed by atoms with van der Waals surface area (Å²) in [6, 6.07) is 0. The number of hydrogen-bond donors (Lipinski definition) is 2. The maximum Gasteiger partial charge on any atom is 0.407 e. The normalized spacial score (nSPS) is 11.7. The van der Waals surface area contributed by atoms with Crippen molar-refractivity contribution in [3.8, 4) is 0 Å². The molecule has 0 aliphatic carbocycles. The van der Waals surface area contributed by atoms with Crippen LogP contribution in [0.3, 0.4) is 0 Å². The minimum absolute atomic E-state index is 0.255. The highest BCUT2D eigenvalue weighted by molar-refractivity contribution is 5.68. The van der Waals surface area contributed by atoms with Crippen LogP contribution in [0.5, 0.6) is 0 Å². The molecule has 0 radical (unpaired) electrons. The third-order valence-corrected chi connectivity index (χ3v) is 5.00. The Kier molecular flexibility index (Phi) is 17.0. The highest BCUT2D eigenvalue weighted by Gasteiger charge is 2.27. The van der Waals surface area contributed by atoms with E-state index < -0.39 is 12.2 Å². The van der Waals surface area contributed by atoms with E-state index in [1.54, 1.807) is 0 Å². The molecule has 1 unspecified atom stereocenters. The van der Waals surface area contributed by atoms with Gasteiger partial charge in [-0.1, -0.05) is 26.5 Å². The minimum atomic E-state index is -0.401. The van der Waals surface area contributed by atoms with Crippen LogP contribution in [0.1, 0.15) is 65.7 Å². The Balaban J connectivity index is 3.80. The average Bonchev–Trinajstić information content (AvgIpc) is 2.72. The summed E-state index contributed by atoms with van der Waals surface area (Å²) < 4.78 is 20.4. The van der Waals surface area contributed by atoms with Gasteiger partial charge in [-0.2, -0.15) is 0 Å². The van der Waals surface area contributed by atoms with Crippen LogP contribution in [-0.4, -0.2) is 50.7 Å². The van der Waals surface area contributed by atoms with Crippen LogP contribution in [0, 0.1) is 5.92 Å². The van der Waals surface area contributed by atoms with Crippen molar-refractivity contribution in [2.24, 2.45) is 5.92 Å². The molecule has 0 aliphatic heterocycles. The summed E-state index contributed by atoms with van der Waals surface area (Å²) in [4.78, 5) is 23.6. The highest BCUT2D eigenvalue weighted by atomic mass is 16.6. The molecule has 0 saturated carbocycles. The van der Waals surface area contributed by atoms with Crippen molar-refractivity contribution in [1.82, 2.24) is 10.6 Å². The molecule has 180 valence electrons. The predicted octanol–water partition coefficient (Wildman–Crippen LogP) is 4.90. The molecule has 0 rings (SSSR count). The maximum atomic E-state index is 12.0. The van der Waals surface area contributed by atoms with Gasteiger partial charge in [0.15, 0.2) is 0 Å². The lowest BCUT2D eigenvalue weighted by Crippen LogP contribution is -2.48. The Labute approximate surface area is 187 Å². The van der Waals surface area contributed by atoms with Crippen LogP contribution in [0.4, 0.5) is 9.59 Å². The van der Waals surface area contributed by atoms with Gasteiger partial charge in [-0.05, 0) is 58.3 Å². The smallest absolute Gasteiger partial charge is 0.407 e. The monoisotopic (exact) mass is 442 g/mol. The van der Waals surface area contributed by atoms with Crippen LogP contribution < -0.4 is 10.6 Å². The lowest BCUT2D eigenvalue weighted by Gasteiger charge is -2.32. The number of carbonyl (C=O) groups is 2. The molecular formula is C23H42N2O6. The van der Waals surface area contributed by atoms with E-state index in [0.29, 0.717) is 33.0 Å². The average molecular weight is 443 g/mol. The van der Waals surface area contributed by atoms with Crippen molar-refractivity contribution in [2.45, 2.75) is 71.3 Å². The van der Waals surface area contributed by atoms with E-state index in [4.69, 9.17) is 18.9 Å². The molecule has 2 amide bonds. The fraction of sp³-hybridized carbons (Fsp3) is 0.739. The molecule has 0 aliphatic rings. The molecule has 0 aromatic heterocycles. The molecule has 0 spiro atoms. The van der Waals surface area contributed by atoms with Crippen LogP contribution in [0.25, 0.3) is 0 Å². The topological polar surface area (TPSA) is 95.1 Å². The molecule has 0 aromatic carbocycles. The zero-order valence-electron chi connectivity index (χ0n) is 19.6. The molecule has 0 saturated heterocycles. The number of carbonyl (C=O) groups excluding carboxylic acids is 2. The molecule has 8 heteroatoms. The molecule has 1 atom stereocenters. The van der Waals surface area contributed by atoms with Gasteiger partial charge in [0, 0.05) is 12.1 Å². The van der Waals surface area contributed by atoms with Crippen molar-refractivity contribution in [1.29, 1.82) is 0 Å². The van der Waals surface area contributed by atoms with Crippen molar-refractivity contribution >= 4 is 12.2 Å². The van der Waals surface area contributed by atoms with Gasteiger partial charge >= 0.3 is 12.2 Å². The number of nitrogens with one attached hydrogen (secondary N) is 2. The Morgan fingerprint density at radius 1 is 0.839 bits per heavy atom. The van der Waals surface area contributed by atoms with Crippen LogP contribution in [0.15, 0.2) is 25.7 Å². The number of alkyl carbamates (subject to hydrolysis) is 2. The van der Waals surface area contributed by atoms with Gasteiger partial charge in [0.2, 0.25) is 0 Å². The number of amides is 2. The van der Waals surface area contributed by atoms with Gasteiger partial charge in [-0.25, -0.2) is 9.59 Å². The van der Waals surface area contributed by atoms with Crippen molar-refractivity contribution in [3.63, 3.8) is 0 Å². The van der Waals surface area contributed by atoms with Crippen LogP contribution >= 0.6 is 0 Å². The summed E-state index contributed by atoms with van der Waals surface area (Å²) in [7, 11) is 0. The molecule has 0 bridgehead atoms. The van der Waals surface area contributed by atoms with E-state index in [1.165, 1.54) is 12.5 Å². The van der Waals surface area contributed by atoms with E-state index >= 15 is 0 Å². The van der Waals surface area contributed by atoms with Gasteiger partial charge in [0.25, 0.3) is 0 Å². The molecule has 2 N–H and O–H groups in total. The Hall–Kier alpha value is -2.38. The fourth-order valence-electron chi connectivity index (χ4n) is 2.67. The largest absolute Gasteiger partial charge is 0.502 e. The summed E-state index contributed by atoms with van der Waals surface area (Å²) in [5.41, 5.74) is -0.384. The van der Waals surface area contributed by atoms with E-state index in [1.807, 2.05) is 13.8 Å². The maximum absolute atomic E-state index is 12.0. The Morgan fingerprint density at radius 2 is 1.35 bits per heavy atom. The highest BCUT2D eigenvalue weighted by Crippen LogP contribution is 2.22. The first-order chi connectivity index (χ1) is 14.8. The second-order valence-electron chi connectivity index (χ2n) is 7.93. The van der Waals surface area contributed by atoms with Crippen molar-refractivity contribution < 1.29 is 28.5 Å². The Morgan fingerprint density at radius 3 is 1.90 bits per heavy atom. The lowest BCUT2D eigenvalue weighted by molar-refractivity contribution is 0.121. The standard InChI is InChI=1S/C23H42N2O6/c1-6-28-16-10-12-18-30-21(26)24-15-9-8-14-20(3)23(4,5)25-22(27)31-19-13-11-17-29-7-2/h6-7,20H,1-2,8-19H2,3-5H3,(H,24,26)(H,25,27). The van der Waals surface area contributed by atoms with Crippen LogP contribution in [-0.2, 0) is 18.9 Å². The second kappa shape index (κ2) is 18.4. The van der Waals surface area contributed by atoms with Gasteiger partial charge in [0.05, 0.1) is 39.0 Å². The van der Waals surface area contributed by atoms with Gasteiger partial charge in [-0.3, -0.25) is 0 Å². The molecule has 0 heterocycles. The SMILES string of the molecule is C=COCCCCOC(=O)NCCCCC(C)C(C)(C)NC(=O)OCCCCOC=C. The van der Waals surface area contributed by atoms with E-state index in [-0.39, 0.29) is 11.5 Å². The zero-order valence-corrected chi connectivity index (χ0v) is 19.6. The van der Waals surface area contributed by atoms with E-state index in [0.717, 1.165) is 44.9 Å². The predicted molar refractivity (Wildman–Crippen MR) is 122 cm³/mol. The minimum Gasteiger partial charge on any atom is -0.502 e. The molecule has 0 fully saturated rings. The fourth-order valence-corrected chi connectivity index (χ4v) is 2.67. The summed E-state index contributed by atoms with van der Waals surface area (Å²) >= 11 is 0. The number of rotatable bonds is 19. The number of unbranched alkanes of at least 4 members (excludes halogenated alkanes) is 3. The van der Waals surface area contributed by atoms with E-state index in [9.17, 15) is 9.59 Å². The van der Waals surface area contributed by atoms with Gasteiger partial charge < -0.3 is 29.6 Å². The molecule has 31 heavy (non-hydrogen) atoms. The third-order valence-electron chi connectivity index (χ3n) is 5.00. The first-order valence-electron chi connectivity index (χ1n) is 11.1. The zero-order chi connectivity index (χ0) is 23.4. The summed E-state index contributed by atoms with van der Waals surface area (Å²) in [5, 5.41) is 5.70. The van der Waals surface area contributed by atoms with E-state index in [2.05, 4.69) is 30.7 Å². The first kappa shape index (κ1) is 28.6. The Bertz CT molecular complexity index is 510. The summed E-state index contributed by atoms with van der Waals surface area (Å²) in [6.07, 6.45) is 7.86. The first-order valence-corrected chi connectivity index (χ1v) is 11.1. The number of hydrogen-bond acceptors (Lipinski definition) is 6. The summed E-state index contributed by atoms with van der Waals surface area (Å²) in [5.74, 6) is 0.255.